The first-order chi connectivity index (χ1) is 9.47. The molecule has 1 fully saturated rings. The Morgan fingerprint density at radius 2 is 2.10 bits per heavy atom. The second kappa shape index (κ2) is 6.42. The topological polar surface area (TPSA) is 12.9 Å². The van der Waals surface area contributed by atoms with Crippen molar-refractivity contribution < 1.29 is 0 Å². The maximum atomic E-state index is 4.62. The highest BCUT2D eigenvalue weighted by molar-refractivity contribution is 6.82. The second-order valence-electron chi connectivity index (χ2n) is 7.78. The summed E-state index contributed by atoms with van der Waals surface area (Å²) in [5.74, 6) is 1.00. The summed E-state index contributed by atoms with van der Waals surface area (Å²) in [4.78, 5) is 4.62. The Labute approximate surface area is 126 Å². The molecule has 1 aliphatic heterocycles. The van der Waals surface area contributed by atoms with E-state index in [1.165, 1.54) is 49.5 Å². The van der Waals surface area contributed by atoms with Gasteiger partial charge in [0.2, 0.25) is 0 Å². The Morgan fingerprint density at radius 3 is 2.70 bits per heavy atom. The molecular weight excluding hydrogens is 258 g/mol. The first-order valence-electron chi connectivity index (χ1n) is 8.37. The van der Waals surface area contributed by atoms with Gasteiger partial charge in [-0.2, -0.15) is 0 Å². The van der Waals surface area contributed by atoms with Crippen LogP contribution in [0.3, 0.4) is 0 Å². The summed E-state index contributed by atoms with van der Waals surface area (Å²) in [7, 11) is -1.25. The molecule has 0 amide bonds. The van der Waals surface area contributed by atoms with E-state index in [-0.39, 0.29) is 0 Å². The van der Waals surface area contributed by atoms with Gasteiger partial charge in [0.25, 0.3) is 0 Å². The van der Waals surface area contributed by atoms with E-state index in [0.29, 0.717) is 5.04 Å². The van der Waals surface area contributed by atoms with Gasteiger partial charge in [0.1, 0.15) is 0 Å². The number of unbranched alkanes of at least 4 members (excludes halogenated alkanes) is 1. The molecule has 2 atom stereocenters. The SMILES string of the molecule is CCCCC1CC[Si](Cc2ccccn2)(C(C)(C)C)C1. The van der Waals surface area contributed by atoms with Crippen molar-refractivity contribution in [2.75, 3.05) is 0 Å². The molecule has 0 bridgehead atoms. The molecule has 1 aromatic rings. The summed E-state index contributed by atoms with van der Waals surface area (Å²) in [6.07, 6.45) is 7.67. The quantitative estimate of drug-likeness (QED) is 0.641. The lowest BCUT2D eigenvalue weighted by molar-refractivity contribution is 0.508. The van der Waals surface area contributed by atoms with Crippen LogP contribution in [0.5, 0.6) is 0 Å². The largest absolute Gasteiger partial charge is 0.262 e. The molecule has 0 N–H and O–H groups in total. The lowest BCUT2D eigenvalue weighted by atomic mass is 10.0. The Kier molecular flexibility index (Phi) is 5.06. The highest BCUT2D eigenvalue weighted by Gasteiger charge is 2.48. The van der Waals surface area contributed by atoms with E-state index in [0.717, 1.165) is 5.92 Å². The Morgan fingerprint density at radius 1 is 1.30 bits per heavy atom. The minimum atomic E-state index is -1.25. The maximum absolute atomic E-state index is 4.62. The van der Waals surface area contributed by atoms with Gasteiger partial charge in [-0.3, -0.25) is 4.98 Å². The van der Waals surface area contributed by atoms with Crippen LogP contribution >= 0.6 is 0 Å². The third-order valence-corrected chi connectivity index (χ3v) is 12.3. The maximum Gasteiger partial charge on any atom is 0.0653 e. The molecule has 20 heavy (non-hydrogen) atoms. The minimum Gasteiger partial charge on any atom is -0.262 e. The van der Waals surface area contributed by atoms with Crippen LogP contribution in [0, 0.1) is 5.92 Å². The number of hydrogen-bond donors (Lipinski definition) is 0. The average molecular weight is 290 g/mol. The normalized spacial score (nSPS) is 26.9. The van der Waals surface area contributed by atoms with Crippen molar-refractivity contribution in [3.05, 3.63) is 30.1 Å². The number of nitrogens with zero attached hydrogens (tertiary/aromatic N) is 1. The minimum absolute atomic E-state index is 0.505. The third kappa shape index (κ3) is 3.52. The van der Waals surface area contributed by atoms with Crippen molar-refractivity contribution in [2.24, 2.45) is 5.92 Å². The summed E-state index contributed by atoms with van der Waals surface area (Å²) in [5.41, 5.74) is 1.34. The van der Waals surface area contributed by atoms with Crippen molar-refractivity contribution in [3.8, 4) is 0 Å². The summed E-state index contributed by atoms with van der Waals surface area (Å²) in [5, 5.41) is 0.505. The molecule has 0 aromatic carbocycles. The van der Waals surface area contributed by atoms with Gasteiger partial charge in [-0.1, -0.05) is 71.5 Å². The monoisotopic (exact) mass is 289 g/mol. The van der Waals surface area contributed by atoms with Crippen LogP contribution in [0.15, 0.2) is 24.4 Å². The zero-order chi connectivity index (χ0) is 14.6. The molecule has 1 nitrogen and oxygen atoms in total. The lowest BCUT2D eigenvalue weighted by Crippen LogP contribution is -2.44. The number of hydrogen-bond acceptors (Lipinski definition) is 1. The highest BCUT2D eigenvalue weighted by Crippen LogP contribution is 2.52. The fourth-order valence-electron chi connectivity index (χ4n) is 3.93. The second-order valence-corrected chi connectivity index (χ2v) is 13.1. The van der Waals surface area contributed by atoms with Gasteiger partial charge in [-0.25, -0.2) is 0 Å². The van der Waals surface area contributed by atoms with Gasteiger partial charge in [0.05, 0.1) is 8.07 Å². The van der Waals surface area contributed by atoms with Gasteiger partial charge in [-0.15, -0.1) is 0 Å². The van der Waals surface area contributed by atoms with E-state index in [9.17, 15) is 0 Å². The number of rotatable bonds is 5. The van der Waals surface area contributed by atoms with Crippen molar-refractivity contribution in [2.45, 2.75) is 76.5 Å². The van der Waals surface area contributed by atoms with Gasteiger partial charge in [0.15, 0.2) is 0 Å². The van der Waals surface area contributed by atoms with Crippen LogP contribution in [-0.4, -0.2) is 13.1 Å². The Bertz CT molecular complexity index is 409. The van der Waals surface area contributed by atoms with Crippen LogP contribution < -0.4 is 0 Å². The lowest BCUT2D eigenvalue weighted by Gasteiger charge is -2.40. The average Bonchev–Trinajstić information content (AvgIpc) is 2.82. The molecule has 2 heterocycles. The third-order valence-electron chi connectivity index (χ3n) is 5.51. The molecule has 0 spiro atoms. The number of pyridine rings is 1. The molecule has 2 unspecified atom stereocenters. The molecule has 2 rings (SSSR count). The summed E-state index contributed by atoms with van der Waals surface area (Å²) in [6, 6.07) is 10.8. The smallest absolute Gasteiger partial charge is 0.0653 e. The zero-order valence-electron chi connectivity index (χ0n) is 13.8. The van der Waals surface area contributed by atoms with E-state index < -0.39 is 8.07 Å². The first kappa shape index (κ1) is 15.8. The predicted molar refractivity (Wildman–Crippen MR) is 90.7 cm³/mol. The van der Waals surface area contributed by atoms with E-state index in [4.69, 9.17) is 0 Å². The van der Waals surface area contributed by atoms with Gasteiger partial charge in [0, 0.05) is 11.9 Å². The van der Waals surface area contributed by atoms with Crippen LogP contribution in [0.4, 0.5) is 0 Å². The zero-order valence-corrected chi connectivity index (χ0v) is 14.8. The van der Waals surface area contributed by atoms with E-state index in [2.05, 4.69) is 44.8 Å². The molecule has 0 saturated carbocycles. The molecule has 1 aromatic heterocycles. The van der Waals surface area contributed by atoms with Crippen molar-refractivity contribution in [1.29, 1.82) is 0 Å². The van der Waals surface area contributed by atoms with Crippen LogP contribution in [-0.2, 0) is 6.04 Å². The molecule has 112 valence electrons. The molecule has 1 aliphatic rings. The number of aromatic nitrogens is 1. The van der Waals surface area contributed by atoms with Crippen molar-refractivity contribution >= 4 is 8.07 Å². The van der Waals surface area contributed by atoms with Crippen molar-refractivity contribution in [3.63, 3.8) is 0 Å². The first-order valence-corrected chi connectivity index (χ1v) is 11.0. The molecule has 1 saturated heterocycles. The fourth-order valence-corrected chi connectivity index (χ4v) is 9.73. The molecule has 2 heteroatoms. The standard InChI is InChI=1S/C18H31NSi/c1-5-6-9-16-11-13-20(14-16,18(2,3)4)15-17-10-7-8-12-19-17/h7-8,10,12,16H,5-6,9,11,13-15H2,1-4H3. The van der Waals surface area contributed by atoms with E-state index >= 15 is 0 Å². The van der Waals surface area contributed by atoms with E-state index in [1.807, 2.05) is 12.3 Å². The van der Waals surface area contributed by atoms with Gasteiger partial charge < -0.3 is 0 Å². The van der Waals surface area contributed by atoms with Crippen LogP contribution in [0.1, 0.15) is 59.1 Å². The van der Waals surface area contributed by atoms with Gasteiger partial charge in [-0.05, 0) is 29.1 Å². The van der Waals surface area contributed by atoms with E-state index in [1.54, 1.807) is 0 Å². The summed E-state index contributed by atoms with van der Waals surface area (Å²) >= 11 is 0. The summed E-state index contributed by atoms with van der Waals surface area (Å²) < 4.78 is 0. The fraction of sp³-hybridized carbons (Fsp3) is 0.722. The molecule has 0 aliphatic carbocycles. The Hall–Kier alpha value is -0.633. The molecule has 0 radical (unpaired) electrons. The Balaban J connectivity index is 2.12. The predicted octanol–water partition coefficient (Wildman–Crippen LogP) is 5.62. The van der Waals surface area contributed by atoms with Crippen molar-refractivity contribution in [1.82, 2.24) is 4.98 Å². The van der Waals surface area contributed by atoms with Crippen LogP contribution in [0.2, 0.25) is 17.1 Å². The van der Waals surface area contributed by atoms with Crippen LogP contribution in [0.25, 0.3) is 0 Å². The van der Waals surface area contributed by atoms with Gasteiger partial charge >= 0.3 is 0 Å². The highest BCUT2D eigenvalue weighted by atomic mass is 28.3. The molecular formula is C18H31NSi. The summed E-state index contributed by atoms with van der Waals surface area (Å²) in [6.45, 7) is 9.79.